The minimum atomic E-state index is 0.879. The minimum Gasteiger partial charge on any atom is -0.497 e. The van der Waals surface area contributed by atoms with Gasteiger partial charge in [0.15, 0.2) is 0 Å². The molecule has 0 radical (unpaired) electrons. The number of ether oxygens (including phenoxy) is 1. The molecule has 26 heavy (non-hydrogen) atoms. The molecule has 0 spiro atoms. The summed E-state index contributed by atoms with van der Waals surface area (Å²) in [5.74, 6) is 0.907. The molecular formula is C24H25NO. The number of benzene rings is 3. The van der Waals surface area contributed by atoms with Crippen LogP contribution in [0.15, 0.2) is 48.5 Å². The largest absolute Gasteiger partial charge is 0.497 e. The smallest absolute Gasteiger partial charge is 0.119 e. The Labute approximate surface area is 155 Å². The average Bonchev–Trinajstić information content (AvgIpc) is 2.96. The van der Waals surface area contributed by atoms with Gasteiger partial charge in [0.05, 0.1) is 12.6 Å². The molecule has 0 aliphatic rings. The summed E-state index contributed by atoms with van der Waals surface area (Å²) in [7, 11) is 1.73. The summed E-state index contributed by atoms with van der Waals surface area (Å²) in [4.78, 5) is 0. The summed E-state index contributed by atoms with van der Waals surface area (Å²) < 4.78 is 7.96. The van der Waals surface area contributed by atoms with Gasteiger partial charge >= 0.3 is 0 Å². The molecule has 0 saturated heterocycles. The van der Waals surface area contributed by atoms with Crippen LogP contribution >= 0.6 is 0 Å². The maximum absolute atomic E-state index is 5.49. The number of hydrogen-bond acceptors (Lipinski definition) is 1. The summed E-state index contributed by atoms with van der Waals surface area (Å²) in [6.07, 6.45) is 0. The predicted molar refractivity (Wildman–Crippen MR) is 110 cm³/mol. The number of hydrogen-bond donors (Lipinski definition) is 0. The highest BCUT2D eigenvalue weighted by Crippen LogP contribution is 2.36. The van der Waals surface area contributed by atoms with Crippen LogP contribution < -0.4 is 4.74 Å². The first-order chi connectivity index (χ1) is 12.5. The van der Waals surface area contributed by atoms with Gasteiger partial charge in [-0.15, -0.1) is 0 Å². The summed E-state index contributed by atoms with van der Waals surface area (Å²) in [5, 5.41) is 2.61. The zero-order valence-electron chi connectivity index (χ0n) is 16.2. The second-order valence-electron chi connectivity index (χ2n) is 7.32. The lowest BCUT2D eigenvalue weighted by Gasteiger charge is -2.13. The molecule has 0 aliphatic carbocycles. The van der Waals surface area contributed by atoms with Crippen molar-refractivity contribution in [3.05, 3.63) is 76.3 Å². The zero-order valence-corrected chi connectivity index (χ0v) is 16.2. The van der Waals surface area contributed by atoms with Crippen LogP contribution in [-0.2, 0) is 6.54 Å². The van der Waals surface area contributed by atoms with E-state index < -0.39 is 0 Å². The molecule has 0 saturated carbocycles. The van der Waals surface area contributed by atoms with Gasteiger partial charge in [-0.2, -0.15) is 0 Å². The molecule has 0 atom stereocenters. The quantitative estimate of drug-likeness (QED) is 0.439. The van der Waals surface area contributed by atoms with Crippen LogP contribution in [0.1, 0.15) is 27.8 Å². The topological polar surface area (TPSA) is 14.2 Å². The van der Waals surface area contributed by atoms with Crippen LogP contribution in [0.5, 0.6) is 5.75 Å². The molecule has 2 nitrogen and oxygen atoms in total. The normalized spacial score (nSPS) is 11.4. The first-order valence-corrected chi connectivity index (χ1v) is 9.12. The van der Waals surface area contributed by atoms with Crippen molar-refractivity contribution in [1.29, 1.82) is 0 Å². The molecule has 4 aromatic rings. The fourth-order valence-electron chi connectivity index (χ4n) is 3.99. The van der Waals surface area contributed by atoms with E-state index in [1.54, 1.807) is 7.11 Å². The summed E-state index contributed by atoms with van der Waals surface area (Å²) >= 11 is 0. The van der Waals surface area contributed by atoms with Crippen molar-refractivity contribution in [2.24, 2.45) is 0 Å². The number of nitrogens with zero attached hydrogens (tertiary/aromatic N) is 1. The van der Waals surface area contributed by atoms with Gasteiger partial charge in [0.1, 0.15) is 5.75 Å². The maximum atomic E-state index is 5.49. The molecule has 0 fully saturated rings. The second-order valence-corrected chi connectivity index (χ2v) is 7.32. The molecule has 0 amide bonds. The van der Waals surface area contributed by atoms with Gasteiger partial charge in [-0.05, 0) is 68.1 Å². The van der Waals surface area contributed by atoms with Gasteiger partial charge in [0.2, 0.25) is 0 Å². The van der Waals surface area contributed by atoms with Crippen LogP contribution in [0, 0.1) is 27.7 Å². The highest BCUT2D eigenvalue weighted by atomic mass is 16.5. The van der Waals surface area contributed by atoms with Crippen molar-refractivity contribution < 1.29 is 4.74 Å². The molecule has 0 aliphatic heterocycles. The standard InChI is InChI=1S/C24H25NO/c1-15-6-7-16(2)19(12-15)14-25-22-11-10-20(26-5)13-21(22)23-17(3)8-9-18(4)24(23)25/h6-13H,14H2,1-5H3. The Morgan fingerprint density at radius 2 is 1.54 bits per heavy atom. The zero-order chi connectivity index (χ0) is 18.4. The Morgan fingerprint density at radius 3 is 2.31 bits per heavy atom. The van der Waals surface area contributed by atoms with E-state index in [0.717, 1.165) is 12.3 Å². The third-order valence-corrected chi connectivity index (χ3v) is 5.45. The van der Waals surface area contributed by atoms with Crippen molar-refractivity contribution >= 4 is 21.8 Å². The van der Waals surface area contributed by atoms with Crippen LogP contribution in [0.3, 0.4) is 0 Å². The van der Waals surface area contributed by atoms with Crippen LogP contribution in [0.4, 0.5) is 0 Å². The second kappa shape index (κ2) is 6.21. The van der Waals surface area contributed by atoms with E-state index in [0.29, 0.717) is 0 Å². The molecular weight excluding hydrogens is 318 g/mol. The van der Waals surface area contributed by atoms with E-state index in [-0.39, 0.29) is 0 Å². The van der Waals surface area contributed by atoms with E-state index >= 15 is 0 Å². The molecule has 1 aromatic heterocycles. The number of aromatic nitrogens is 1. The lowest BCUT2D eigenvalue weighted by molar-refractivity contribution is 0.415. The van der Waals surface area contributed by atoms with E-state index in [1.165, 1.54) is 49.6 Å². The number of rotatable bonds is 3. The Balaban J connectivity index is 2.06. The summed E-state index contributed by atoms with van der Waals surface area (Å²) in [6.45, 7) is 9.64. The van der Waals surface area contributed by atoms with Gasteiger partial charge in [-0.3, -0.25) is 0 Å². The van der Waals surface area contributed by atoms with Crippen LogP contribution in [-0.4, -0.2) is 11.7 Å². The monoisotopic (exact) mass is 343 g/mol. The van der Waals surface area contributed by atoms with Crippen molar-refractivity contribution in [2.75, 3.05) is 7.11 Å². The Bertz CT molecular complexity index is 1130. The van der Waals surface area contributed by atoms with E-state index in [9.17, 15) is 0 Å². The third kappa shape index (κ3) is 2.57. The van der Waals surface area contributed by atoms with Gasteiger partial charge in [-0.1, -0.05) is 35.9 Å². The highest BCUT2D eigenvalue weighted by molar-refractivity contribution is 6.11. The number of aryl methyl sites for hydroxylation is 4. The molecule has 0 unspecified atom stereocenters. The lowest BCUT2D eigenvalue weighted by Crippen LogP contribution is -2.03. The number of fused-ring (bicyclic) bond motifs is 3. The SMILES string of the molecule is COc1ccc2c(c1)c1c(C)ccc(C)c1n2Cc1cc(C)ccc1C. The van der Waals surface area contributed by atoms with Crippen molar-refractivity contribution in [2.45, 2.75) is 34.2 Å². The summed E-state index contributed by atoms with van der Waals surface area (Å²) in [6, 6.07) is 17.6. The Morgan fingerprint density at radius 1 is 0.808 bits per heavy atom. The van der Waals surface area contributed by atoms with Crippen LogP contribution in [0.2, 0.25) is 0 Å². The van der Waals surface area contributed by atoms with Crippen molar-refractivity contribution in [1.82, 2.24) is 4.57 Å². The fraction of sp³-hybridized carbons (Fsp3) is 0.250. The van der Waals surface area contributed by atoms with E-state index in [2.05, 4.69) is 80.8 Å². The van der Waals surface area contributed by atoms with Crippen LogP contribution in [0.25, 0.3) is 21.8 Å². The minimum absolute atomic E-state index is 0.879. The van der Waals surface area contributed by atoms with Gasteiger partial charge < -0.3 is 9.30 Å². The summed E-state index contributed by atoms with van der Waals surface area (Å²) in [5.41, 5.74) is 9.23. The molecule has 2 heteroatoms. The Kier molecular flexibility index (Phi) is 3.99. The molecule has 1 heterocycles. The van der Waals surface area contributed by atoms with Gasteiger partial charge in [0, 0.05) is 22.8 Å². The van der Waals surface area contributed by atoms with E-state index in [1.807, 2.05) is 0 Å². The fourth-order valence-corrected chi connectivity index (χ4v) is 3.99. The molecule has 3 aromatic carbocycles. The maximum Gasteiger partial charge on any atom is 0.119 e. The molecule has 0 N–H and O–H groups in total. The lowest BCUT2D eigenvalue weighted by atomic mass is 10.0. The third-order valence-electron chi connectivity index (χ3n) is 5.45. The predicted octanol–water partition coefficient (Wildman–Crippen LogP) is 6.09. The molecule has 0 bridgehead atoms. The highest BCUT2D eigenvalue weighted by Gasteiger charge is 2.16. The Hall–Kier alpha value is -2.74. The number of methoxy groups -OCH3 is 1. The van der Waals surface area contributed by atoms with Gasteiger partial charge in [-0.25, -0.2) is 0 Å². The first-order valence-electron chi connectivity index (χ1n) is 9.12. The average molecular weight is 343 g/mol. The molecule has 132 valence electrons. The van der Waals surface area contributed by atoms with Crippen molar-refractivity contribution in [3.63, 3.8) is 0 Å². The van der Waals surface area contributed by atoms with Crippen molar-refractivity contribution in [3.8, 4) is 5.75 Å². The van der Waals surface area contributed by atoms with Gasteiger partial charge in [0.25, 0.3) is 0 Å². The first kappa shape index (κ1) is 16.7. The van der Waals surface area contributed by atoms with E-state index in [4.69, 9.17) is 4.74 Å². The molecule has 4 rings (SSSR count).